The fourth-order valence-electron chi connectivity index (χ4n) is 3.27. The van der Waals surface area contributed by atoms with E-state index in [1.807, 2.05) is 0 Å². The number of carbonyl (C=O) groups is 1. The van der Waals surface area contributed by atoms with Gasteiger partial charge in [0.1, 0.15) is 42.1 Å². The quantitative estimate of drug-likeness (QED) is 0.581. The molecule has 9 heteroatoms. The van der Waals surface area contributed by atoms with E-state index in [2.05, 4.69) is 9.98 Å². The van der Waals surface area contributed by atoms with Gasteiger partial charge in [-0.3, -0.25) is 14.8 Å². The Labute approximate surface area is 163 Å². The van der Waals surface area contributed by atoms with Crippen molar-refractivity contribution in [3.8, 4) is 0 Å². The van der Waals surface area contributed by atoms with Crippen LogP contribution in [-0.2, 0) is 12.0 Å². The van der Waals surface area contributed by atoms with Gasteiger partial charge in [-0.25, -0.2) is 22.0 Å². The van der Waals surface area contributed by atoms with Crippen LogP contribution in [0.25, 0.3) is 0 Å². The third-order valence-electron chi connectivity index (χ3n) is 5.07. The minimum absolute atomic E-state index is 0.0163. The number of carbonyl (C=O) groups excluding carboxylic acids is 1. The number of halogens is 5. The Bertz CT molecular complexity index is 950. The van der Waals surface area contributed by atoms with Crippen LogP contribution < -0.4 is 5.73 Å². The molecule has 2 aromatic rings. The number of nitrogens with two attached hydrogens (primary N) is 1. The van der Waals surface area contributed by atoms with Crippen molar-refractivity contribution in [1.82, 2.24) is 4.98 Å². The zero-order chi connectivity index (χ0) is 21.2. The average Bonchev–Trinajstić information content (AvgIpc) is 2.72. The number of nitrogens with zero attached hydrogens (tertiary/aromatic N) is 2. The molecule has 2 atom stereocenters. The van der Waals surface area contributed by atoms with E-state index in [0.717, 1.165) is 18.3 Å². The van der Waals surface area contributed by atoms with Gasteiger partial charge in [0.2, 0.25) is 0 Å². The molecule has 0 fully saturated rings. The highest BCUT2D eigenvalue weighted by molar-refractivity contribution is 5.95. The van der Waals surface area contributed by atoms with E-state index in [-0.39, 0.29) is 24.1 Å². The van der Waals surface area contributed by atoms with Gasteiger partial charge in [-0.2, -0.15) is 0 Å². The van der Waals surface area contributed by atoms with E-state index in [0.29, 0.717) is 5.56 Å². The molecule has 1 aliphatic rings. The summed E-state index contributed by atoms with van der Waals surface area (Å²) in [4.78, 5) is 19.8. The van der Waals surface area contributed by atoms with Gasteiger partial charge in [0, 0.05) is 12.0 Å². The molecular formula is C20H18F5N3O. The third-order valence-corrected chi connectivity index (χ3v) is 5.07. The number of aromatic nitrogens is 1. The molecule has 29 heavy (non-hydrogen) atoms. The van der Waals surface area contributed by atoms with Gasteiger partial charge in [0.25, 0.3) is 0 Å². The van der Waals surface area contributed by atoms with Crippen molar-refractivity contribution in [2.45, 2.75) is 30.5 Å². The second kappa shape index (κ2) is 7.88. The summed E-state index contributed by atoms with van der Waals surface area (Å²) in [7, 11) is 0. The van der Waals surface area contributed by atoms with Crippen molar-refractivity contribution in [1.29, 1.82) is 0 Å². The second-order valence-corrected chi connectivity index (χ2v) is 7.04. The minimum Gasteiger partial charge on any atom is -0.385 e. The first kappa shape index (κ1) is 20.9. The Kier molecular flexibility index (Phi) is 5.68. The SMILES string of the molecule is NC1=N[C@](CF)(c2cc(CC(=O)c3ccc(F)cn3)ccc2F)CC[C@]1(F)CF. The Morgan fingerprint density at radius 3 is 2.45 bits per heavy atom. The van der Waals surface area contributed by atoms with E-state index in [1.165, 1.54) is 18.2 Å². The van der Waals surface area contributed by atoms with Crippen LogP contribution in [0.1, 0.15) is 34.5 Å². The number of pyridine rings is 1. The Hall–Kier alpha value is -2.84. The van der Waals surface area contributed by atoms with E-state index < -0.39 is 54.2 Å². The summed E-state index contributed by atoms with van der Waals surface area (Å²) in [5.41, 5.74) is 1.38. The maximum absolute atomic E-state index is 14.5. The van der Waals surface area contributed by atoms with Gasteiger partial charge in [-0.1, -0.05) is 6.07 Å². The molecule has 0 saturated heterocycles. The van der Waals surface area contributed by atoms with Gasteiger partial charge >= 0.3 is 0 Å². The predicted octanol–water partition coefficient (Wildman–Crippen LogP) is 3.78. The lowest BCUT2D eigenvalue weighted by Gasteiger charge is -2.37. The lowest BCUT2D eigenvalue weighted by atomic mass is 9.79. The van der Waals surface area contributed by atoms with Gasteiger partial charge in [0.15, 0.2) is 11.5 Å². The first-order valence-corrected chi connectivity index (χ1v) is 8.83. The number of hydrogen-bond acceptors (Lipinski definition) is 4. The molecule has 0 unspecified atom stereocenters. The zero-order valence-corrected chi connectivity index (χ0v) is 15.3. The lowest BCUT2D eigenvalue weighted by Crippen LogP contribution is -2.50. The van der Waals surface area contributed by atoms with Gasteiger partial charge in [0.05, 0.1) is 6.20 Å². The molecule has 154 valence electrons. The summed E-state index contributed by atoms with van der Waals surface area (Å²) in [6.45, 7) is -2.59. The van der Waals surface area contributed by atoms with Crippen LogP contribution in [0.3, 0.4) is 0 Å². The standard InChI is InChI=1S/C20H18F5N3O/c21-10-19(25)5-6-20(11-22,28-18(19)26)14-7-12(1-3-15(14)24)8-17(29)16-4-2-13(23)9-27-16/h1-4,7,9H,5-6,8,10-11H2,(H2,26,28)/t19-,20+/m0/s1. The Morgan fingerprint density at radius 2 is 1.86 bits per heavy atom. The molecule has 0 radical (unpaired) electrons. The summed E-state index contributed by atoms with van der Waals surface area (Å²) in [5.74, 6) is -2.58. The molecule has 0 spiro atoms. The predicted molar refractivity (Wildman–Crippen MR) is 97.0 cm³/mol. The number of ketones is 1. The number of hydrogen-bond donors (Lipinski definition) is 1. The number of amidine groups is 1. The fraction of sp³-hybridized carbons (Fsp3) is 0.350. The molecule has 0 amide bonds. The van der Waals surface area contributed by atoms with Crippen molar-refractivity contribution >= 4 is 11.6 Å². The monoisotopic (exact) mass is 411 g/mol. The Balaban J connectivity index is 1.94. The van der Waals surface area contributed by atoms with E-state index in [9.17, 15) is 26.7 Å². The summed E-state index contributed by atoms with van der Waals surface area (Å²) >= 11 is 0. The Morgan fingerprint density at radius 1 is 1.10 bits per heavy atom. The van der Waals surface area contributed by atoms with Crippen molar-refractivity contribution in [2.75, 3.05) is 13.3 Å². The average molecular weight is 411 g/mol. The first-order chi connectivity index (χ1) is 13.7. The van der Waals surface area contributed by atoms with Gasteiger partial charge < -0.3 is 5.73 Å². The number of alkyl halides is 3. The lowest BCUT2D eigenvalue weighted by molar-refractivity contribution is 0.0988. The first-order valence-electron chi connectivity index (χ1n) is 8.83. The molecule has 2 heterocycles. The molecule has 1 aliphatic heterocycles. The number of rotatable bonds is 6. The van der Waals surface area contributed by atoms with Gasteiger partial charge in [-0.15, -0.1) is 0 Å². The maximum Gasteiger partial charge on any atom is 0.195 e. The van der Waals surface area contributed by atoms with E-state index >= 15 is 0 Å². The van der Waals surface area contributed by atoms with Crippen molar-refractivity contribution in [2.24, 2.45) is 10.7 Å². The topological polar surface area (TPSA) is 68.3 Å². The molecular weight excluding hydrogens is 393 g/mol. The van der Waals surface area contributed by atoms with E-state index in [1.54, 1.807) is 0 Å². The van der Waals surface area contributed by atoms with E-state index in [4.69, 9.17) is 5.73 Å². The third kappa shape index (κ3) is 3.99. The van der Waals surface area contributed by atoms with Gasteiger partial charge in [-0.05, 0) is 42.7 Å². The van der Waals surface area contributed by atoms with Crippen molar-refractivity contribution in [3.05, 3.63) is 65.0 Å². The summed E-state index contributed by atoms with van der Waals surface area (Å²) in [5, 5.41) is 0. The summed E-state index contributed by atoms with van der Waals surface area (Å²) in [6.07, 6.45) is -0.0522. The maximum atomic E-state index is 14.5. The number of Topliss-reactive ketones (excluding diaryl/α,β-unsaturated/α-hetero) is 1. The molecule has 0 saturated carbocycles. The molecule has 0 bridgehead atoms. The van der Waals surface area contributed by atoms with Crippen LogP contribution in [-0.4, -0.2) is 35.6 Å². The second-order valence-electron chi connectivity index (χ2n) is 7.04. The molecule has 4 nitrogen and oxygen atoms in total. The highest BCUT2D eigenvalue weighted by Crippen LogP contribution is 2.41. The fourth-order valence-corrected chi connectivity index (χ4v) is 3.27. The molecule has 1 aromatic carbocycles. The summed E-state index contributed by atoms with van der Waals surface area (Å²) in [6, 6.07) is 5.94. The van der Waals surface area contributed by atoms with Crippen molar-refractivity contribution in [3.63, 3.8) is 0 Å². The smallest absolute Gasteiger partial charge is 0.195 e. The molecule has 0 aliphatic carbocycles. The highest BCUT2D eigenvalue weighted by Gasteiger charge is 2.47. The molecule has 1 aromatic heterocycles. The van der Waals surface area contributed by atoms with Crippen LogP contribution in [0, 0.1) is 11.6 Å². The largest absolute Gasteiger partial charge is 0.385 e. The minimum atomic E-state index is -2.50. The van der Waals surface area contributed by atoms with Crippen LogP contribution in [0.2, 0.25) is 0 Å². The normalized spacial score (nSPS) is 24.2. The zero-order valence-electron chi connectivity index (χ0n) is 15.3. The van der Waals surface area contributed by atoms with Crippen LogP contribution in [0.15, 0.2) is 41.5 Å². The molecule has 3 rings (SSSR count). The van der Waals surface area contributed by atoms with Crippen LogP contribution in [0.5, 0.6) is 0 Å². The van der Waals surface area contributed by atoms with Crippen LogP contribution in [0.4, 0.5) is 22.0 Å². The molecule has 2 N–H and O–H groups in total. The number of aliphatic imine (C=N–C) groups is 1. The number of benzene rings is 1. The highest BCUT2D eigenvalue weighted by atomic mass is 19.2. The summed E-state index contributed by atoms with van der Waals surface area (Å²) < 4.78 is 68.7. The van der Waals surface area contributed by atoms with Crippen molar-refractivity contribution < 1.29 is 26.7 Å². The van der Waals surface area contributed by atoms with Crippen LogP contribution >= 0.6 is 0 Å².